The maximum atomic E-state index is 11.4. The van der Waals surface area contributed by atoms with Gasteiger partial charge in [0.2, 0.25) is 0 Å². The second-order valence-electron chi connectivity index (χ2n) is 4.37. The first kappa shape index (κ1) is 15.6. The molecule has 2 rings (SSSR count). The summed E-state index contributed by atoms with van der Waals surface area (Å²) in [4.78, 5) is 26.0. The fourth-order valence-corrected chi connectivity index (χ4v) is 2.73. The lowest BCUT2D eigenvalue weighted by atomic mass is 10.1. The second kappa shape index (κ2) is 6.78. The summed E-state index contributed by atoms with van der Waals surface area (Å²) in [5.74, 6) is -1.10. The zero-order valence-corrected chi connectivity index (χ0v) is 12.8. The molecule has 2 aromatic rings. The maximum Gasteiger partial charge on any atom is 0.313 e. The number of thioether (sulfide) groups is 1. The van der Waals surface area contributed by atoms with Crippen LogP contribution in [0.15, 0.2) is 46.5 Å². The molecule has 1 unspecified atom stereocenters. The van der Waals surface area contributed by atoms with Gasteiger partial charge in [0.15, 0.2) is 5.16 Å². The zero-order valence-electron chi connectivity index (χ0n) is 11.2. The molecule has 5 nitrogen and oxygen atoms in total. The number of carboxylic acids is 1. The highest BCUT2D eigenvalue weighted by Crippen LogP contribution is 2.24. The fourth-order valence-electron chi connectivity index (χ4n) is 1.83. The highest BCUT2D eigenvalue weighted by atomic mass is 35.5. The van der Waals surface area contributed by atoms with Gasteiger partial charge in [-0.3, -0.25) is 9.59 Å². The van der Waals surface area contributed by atoms with Crippen LogP contribution in [-0.4, -0.2) is 26.4 Å². The number of halogens is 1. The van der Waals surface area contributed by atoms with Gasteiger partial charge in [-0.2, -0.15) is 4.98 Å². The molecule has 1 heterocycles. The molecule has 0 aliphatic carbocycles. The van der Waals surface area contributed by atoms with E-state index in [0.29, 0.717) is 10.2 Å². The predicted octanol–water partition coefficient (Wildman–Crippen LogP) is 2.68. The molecule has 7 heteroatoms. The quantitative estimate of drug-likeness (QED) is 0.676. The summed E-state index contributed by atoms with van der Waals surface area (Å²) in [7, 11) is 0. The van der Waals surface area contributed by atoms with Crippen molar-refractivity contribution < 1.29 is 9.90 Å². The highest BCUT2D eigenvalue weighted by molar-refractivity contribution is 7.99. The first-order valence-electron chi connectivity index (χ1n) is 6.16. The third-order valence-electron chi connectivity index (χ3n) is 2.90. The van der Waals surface area contributed by atoms with E-state index in [1.54, 1.807) is 22.9 Å². The molecule has 1 atom stereocenters. The largest absolute Gasteiger partial charge is 0.481 e. The lowest BCUT2D eigenvalue weighted by Crippen LogP contribution is -2.17. The van der Waals surface area contributed by atoms with Gasteiger partial charge >= 0.3 is 5.97 Å². The molecule has 110 valence electrons. The van der Waals surface area contributed by atoms with E-state index in [0.717, 1.165) is 17.3 Å². The first-order chi connectivity index (χ1) is 9.97. The molecule has 1 aromatic heterocycles. The normalized spacial score (nSPS) is 12.1. The Morgan fingerprint density at radius 1 is 1.38 bits per heavy atom. The van der Waals surface area contributed by atoms with E-state index in [1.807, 2.05) is 19.1 Å². The molecular formula is C14H13ClN2O3S. The van der Waals surface area contributed by atoms with Crippen molar-refractivity contribution in [3.05, 3.63) is 57.5 Å². The van der Waals surface area contributed by atoms with Crippen LogP contribution in [0, 0.1) is 0 Å². The van der Waals surface area contributed by atoms with Crippen LogP contribution >= 0.6 is 23.4 Å². The summed E-state index contributed by atoms with van der Waals surface area (Å²) in [5, 5.41) is 9.80. The molecule has 1 aromatic carbocycles. The van der Waals surface area contributed by atoms with Crippen LogP contribution in [-0.2, 0) is 4.79 Å². The number of nitrogens with zero attached hydrogens (tertiary/aromatic N) is 2. The van der Waals surface area contributed by atoms with Crippen molar-refractivity contribution in [2.45, 2.75) is 18.1 Å². The Hall–Kier alpha value is -1.79. The summed E-state index contributed by atoms with van der Waals surface area (Å²) < 4.78 is 1.78. The Morgan fingerprint density at radius 2 is 2.05 bits per heavy atom. The van der Waals surface area contributed by atoms with Crippen molar-refractivity contribution >= 4 is 29.3 Å². The third kappa shape index (κ3) is 4.09. The van der Waals surface area contributed by atoms with Gasteiger partial charge in [0.05, 0.1) is 11.8 Å². The standard InChI is InChI=1S/C14H13ClN2O3S/c1-9(10-2-4-11(15)5-3-10)17-7-6-12(18)16-14(17)21-8-13(19)20/h2-7,9H,8H2,1H3,(H,19,20). The van der Waals surface area contributed by atoms with E-state index in [1.165, 1.54) is 6.07 Å². The van der Waals surface area contributed by atoms with Crippen molar-refractivity contribution in [3.8, 4) is 0 Å². The van der Waals surface area contributed by atoms with Crippen LogP contribution in [0.5, 0.6) is 0 Å². The van der Waals surface area contributed by atoms with Gasteiger partial charge in [-0.05, 0) is 24.6 Å². The Kier molecular flexibility index (Phi) is 5.03. The van der Waals surface area contributed by atoms with Crippen LogP contribution in [0.25, 0.3) is 0 Å². The topological polar surface area (TPSA) is 72.2 Å². The number of benzene rings is 1. The second-order valence-corrected chi connectivity index (χ2v) is 5.74. The molecule has 0 aliphatic rings. The number of carboxylic acid groups (broad SMARTS) is 1. The van der Waals surface area contributed by atoms with Crippen LogP contribution in [0.4, 0.5) is 0 Å². The van der Waals surface area contributed by atoms with Gasteiger partial charge < -0.3 is 9.67 Å². The highest BCUT2D eigenvalue weighted by Gasteiger charge is 2.13. The Balaban J connectivity index is 2.35. The SMILES string of the molecule is CC(c1ccc(Cl)cc1)n1ccc(=O)nc1SCC(=O)O. The van der Waals surface area contributed by atoms with E-state index < -0.39 is 5.97 Å². The summed E-state index contributed by atoms with van der Waals surface area (Å²) in [6, 6.07) is 8.61. The van der Waals surface area contributed by atoms with E-state index in [9.17, 15) is 9.59 Å². The van der Waals surface area contributed by atoms with Gasteiger partial charge in [0.1, 0.15) is 0 Å². The number of hydrogen-bond acceptors (Lipinski definition) is 4. The number of aromatic nitrogens is 2. The molecule has 0 aliphatic heterocycles. The average molecular weight is 325 g/mol. The molecule has 0 fully saturated rings. The van der Waals surface area contributed by atoms with Gasteiger partial charge in [-0.25, -0.2) is 0 Å². The third-order valence-corrected chi connectivity index (χ3v) is 4.10. The molecule has 0 amide bonds. The molecule has 0 saturated heterocycles. The minimum atomic E-state index is -0.955. The van der Waals surface area contributed by atoms with Crippen LogP contribution in [0.1, 0.15) is 18.5 Å². The minimum Gasteiger partial charge on any atom is -0.481 e. The molecule has 0 saturated carbocycles. The number of hydrogen-bond donors (Lipinski definition) is 1. The Labute approximate surface area is 130 Å². The number of carbonyl (C=O) groups is 1. The van der Waals surface area contributed by atoms with Crippen LogP contribution < -0.4 is 5.56 Å². The molecule has 0 bridgehead atoms. The summed E-state index contributed by atoms with van der Waals surface area (Å²) in [5.41, 5.74) is 0.601. The molecule has 1 N–H and O–H groups in total. The minimum absolute atomic E-state index is 0.0911. The fraction of sp³-hybridized carbons (Fsp3) is 0.214. The van der Waals surface area contributed by atoms with Crippen LogP contribution in [0.3, 0.4) is 0 Å². The monoisotopic (exact) mass is 324 g/mol. The maximum absolute atomic E-state index is 11.4. The molecule has 0 spiro atoms. The summed E-state index contributed by atoms with van der Waals surface area (Å²) >= 11 is 6.89. The van der Waals surface area contributed by atoms with E-state index in [4.69, 9.17) is 16.7 Å². The van der Waals surface area contributed by atoms with E-state index in [2.05, 4.69) is 4.98 Å². The molecular weight excluding hydrogens is 312 g/mol. The first-order valence-corrected chi connectivity index (χ1v) is 7.53. The Bertz CT molecular complexity index is 700. The van der Waals surface area contributed by atoms with Gasteiger partial charge in [0, 0.05) is 17.3 Å². The van der Waals surface area contributed by atoms with Crippen molar-refractivity contribution in [2.75, 3.05) is 5.75 Å². The smallest absolute Gasteiger partial charge is 0.313 e. The van der Waals surface area contributed by atoms with E-state index in [-0.39, 0.29) is 17.4 Å². The predicted molar refractivity (Wildman–Crippen MR) is 82.1 cm³/mol. The van der Waals surface area contributed by atoms with Crippen LogP contribution in [0.2, 0.25) is 5.02 Å². The zero-order chi connectivity index (χ0) is 15.4. The lowest BCUT2D eigenvalue weighted by molar-refractivity contribution is -0.133. The Morgan fingerprint density at radius 3 is 2.67 bits per heavy atom. The van der Waals surface area contributed by atoms with Crippen molar-refractivity contribution in [1.82, 2.24) is 9.55 Å². The van der Waals surface area contributed by atoms with Gasteiger partial charge in [0.25, 0.3) is 5.56 Å². The number of aliphatic carboxylic acids is 1. The average Bonchev–Trinajstić information content (AvgIpc) is 2.45. The van der Waals surface area contributed by atoms with Crippen molar-refractivity contribution in [1.29, 1.82) is 0 Å². The summed E-state index contributed by atoms with van der Waals surface area (Å²) in [6.07, 6.45) is 1.62. The molecule has 21 heavy (non-hydrogen) atoms. The van der Waals surface area contributed by atoms with Crippen molar-refractivity contribution in [2.24, 2.45) is 0 Å². The summed E-state index contributed by atoms with van der Waals surface area (Å²) in [6.45, 7) is 1.94. The lowest BCUT2D eigenvalue weighted by Gasteiger charge is -2.19. The van der Waals surface area contributed by atoms with Gasteiger partial charge in [-0.15, -0.1) is 0 Å². The van der Waals surface area contributed by atoms with E-state index >= 15 is 0 Å². The van der Waals surface area contributed by atoms with Gasteiger partial charge in [-0.1, -0.05) is 35.5 Å². The van der Waals surface area contributed by atoms with Crippen molar-refractivity contribution in [3.63, 3.8) is 0 Å². The number of rotatable bonds is 5. The molecule has 0 radical (unpaired) electrons.